The van der Waals surface area contributed by atoms with Crippen LogP contribution in [0.4, 0.5) is 8.78 Å². The standard InChI is InChI=1S/C18H15Cl2F2N3OS/c1-10(26-16-6-4-12(21)8-15(16)22)17-23-24-18(25(17)2)27-9-11-3-5-13(19)14(20)7-11/h3-8,10H,9H2,1-2H3. The van der Waals surface area contributed by atoms with Crippen molar-refractivity contribution in [2.45, 2.75) is 23.9 Å². The Kier molecular flexibility index (Phi) is 6.24. The zero-order valence-corrected chi connectivity index (χ0v) is 16.7. The Morgan fingerprint density at radius 2 is 1.89 bits per heavy atom. The fourth-order valence-corrected chi connectivity index (χ4v) is 3.58. The van der Waals surface area contributed by atoms with Gasteiger partial charge < -0.3 is 9.30 Å². The molecule has 1 heterocycles. The summed E-state index contributed by atoms with van der Waals surface area (Å²) in [6.45, 7) is 1.72. The van der Waals surface area contributed by atoms with E-state index < -0.39 is 17.7 Å². The maximum atomic E-state index is 13.8. The second kappa shape index (κ2) is 8.46. The monoisotopic (exact) mass is 429 g/mol. The van der Waals surface area contributed by atoms with E-state index >= 15 is 0 Å². The van der Waals surface area contributed by atoms with E-state index in [4.69, 9.17) is 27.9 Å². The van der Waals surface area contributed by atoms with Gasteiger partial charge in [-0.05, 0) is 36.8 Å². The van der Waals surface area contributed by atoms with Crippen LogP contribution in [0.15, 0.2) is 41.6 Å². The summed E-state index contributed by atoms with van der Waals surface area (Å²) in [5, 5.41) is 9.95. The average molecular weight is 430 g/mol. The Hall–Kier alpha value is -1.83. The van der Waals surface area contributed by atoms with Gasteiger partial charge >= 0.3 is 0 Å². The van der Waals surface area contributed by atoms with Crippen LogP contribution in [0.5, 0.6) is 5.75 Å². The molecule has 0 aliphatic heterocycles. The topological polar surface area (TPSA) is 39.9 Å². The van der Waals surface area contributed by atoms with E-state index in [-0.39, 0.29) is 5.75 Å². The van der Waals surface area contributed by atoms with Crippen molar-refractivity contribution in [3.63, 3.8) is 0 Å². The summed E-state index contributed by atoms with van der Waals surface area (Å²) in [6, 6.07) is 8.60. The summed E-state index contributed by atoms with van der Waals surface area (Å²) in [4.78, 5) is 0. The van der Waals surface area contributed by atoms with Crippen LogP contribution in [0.3, 0.4) is 0 Å². The largest absolute Gasteiger partial charge is 0.480 e. The Morgan fingerprint density at radius 1 is 1.11 bits per heavy atom. The van der Waals surface area contributed by atoms with Crippen LogP contribution in [0.2, 0.25) is 10.0 Å². The SMILES string of the molecule is CC(Oc1ccc(F)cc1F)c1nnc(SCc2ccc(Cl)c(Cl)c2)n1C. The Labute approximate surface area is 169 Å². The first-order valence-electron chi connectivity index (χ1n) is 7.93. The van der Waals surface area contributed by atoms with E-state index in [0.717, 1.165) is 17.7 Å². The third-order valence-corrected chi connectivity index (χ3v) is 5.61. The zero-order chi connectivity index (χ0) is 19.6. The maximum absolute atomic E-state index is 13.8. The lowest BCUT2D eigenvalue weighted by atomic mass is 10.2. The number of benzene rings is 2. The number of ether oxygens (including phenoxy) is 1. The average Bonchev–Trinajstić information content (AvgIpc) is 2.99. The molecule has 142 valence electrons. The normalized spacial score (nSPS) is 12.2. The molecular formula is C18H15Cl2F2N3OS. The molecule has 0 saturated carbocycles. The van der Waals surface area contributed by atoms with Gasteiger partial charge in [-0.25, -0.2) is 8.78 Å². The van der Waals surface area contributed by atoms with E-state index in [2.05, 4.69) is 10.2 Å². The van der Waals surface area contributed by atoms with Gasteiger partial charge in [-0.3, -0.25) is 0 Å². The predicted molar refractivity (Wildman–Crippen MR) is 102 cm³/mol. The van der Waals surface area contributed by atoms with Crippen molar-refractivity contribution in [2.24, 2.45) is 7.05 Å². The highest BCUT2D eigenvalue weighted by molar-refractivity contribution is 7.98. The molecule has 0 fully saturated rings. The third kappa shape index (κ3) is 4.72. The van der Waals surface area contributed by atoms with E-state index in [1.54, 1.807) is 30.7 Å². The highest BCUT2D eigenvalue weighted by Crippen LogP contribution is 2.29. The second-order valence-electron chi connectivity index (χ2n) is 5.77. The van der Waals surface area contributed by atoms with Gasteiger partial charge in [0.1, 0.15) is 5.82 Å². The Morgan fingerprint density at radius 3 is 2.59 bits per heavy atom. The smallest absolute Gasteiger partial charge is 0.191 e. The maximum Gasteiger partial charge on any atom is 0.191 e. The van der Waals surface area contributed by atoms with E-state index in [1.807, 2.05) is 6.07 Å². The second-order valence-corrected chi connectivity index (χ2v) is 7.53. The van der Waals surface area contributed by atoms with Crippen molar-refractivity contribution >= 4 is 35.0 Å². The quantitative estimate of drug-likeness (QED) is 0.461. The Bertz CT molecular complexity index is 968. The van der Waals surface area contributed by atoms with Crippen LogP contribution in [0.1, 0.15) is 24.4 Å². The van der Waals surface area contributed by atoms with Crippen molar-refractivity contribution in [3.05, 3.63) is 69.5 Å². The van der Waals surface area contributed by atoms with Crippen molar-refractivity contribution in [2.75, 3.05) is 0 Å². The molecule has 2 aromatic carbocycles. The number of rotatable bonds is 6. The molecule has 0 bridgehead atoms. The summed E-state index contributed by atoms with van der Waals surface area (Å²) in [5.41, 5.74) is 0.997. The molecule has 1 aromatic heterocycles. The first kappa shape index (κ1) is 19.9. The lowest BCUT2D eigenvalue weighted by Crippen LogP contribution is -2.10. The number of halogens is 4. The molecule has 3 rings (SSSR count). The molecule has 0 aliphatic carbocycles. The third-order valence-electron chi connectivity index (χ3n) is 3.78. The summed E-state index contributed by atoms with van der Waals surface area (Å²) in [7, 11) is 1.80. The minimum Gasteiger partial charge on any atom is -0.480 e. The number of hydrogen-bond acceptors (Lipinski definition) is 4. The number of thioether (sulfide) groups is 1. The van der Waals surface area contributed by atoms with Crippen molar-refractivity contribution in [3.8, 4) is 5.75 Å². The molecule has 3 aromatic rings. The summed E-state index contributed by atoms with van der Waals surface area (Å²) in [5.74, 6) is -0.317. The van der Waals surface area contributed by atoms with Gasteiger partial charge in [0, 0.05) is 18.9 Å². The number of hydrogen-bond donors (Lipinski definition) is 0. The van der Waals surface area contributed by atoms with Gasteiger partial charge in [0.2, 0.25) is 0 Å². The fraction of sp³-hybridized carbons (Fsp3) is 0.222. The van der Waals surface area contributed by atoms with Crippen molar-refractivity contribution < 1.29 is 13.5 Å². The molecule has 0 spiro atoms. The van der Waals surface area contributed by atoms with Gasteiger partial charge in [-0.1, -0.05) is 41.0 Å². The minimum absolute atomic E-state index is 0.0445. The zero-order valence-electron chi connectivity index (χ0n) is 14.4. The van der Waals surface area contributed by atoms with Crippen LogP contribution < -0.4 is 4.74 Å². The summed E-state index contributed by atoms with van der Waals surface area (Å²) >= 11 is 13.4. The summed E-state index contributed by atoms with van der Waals surface area (Å²) in [6.07, 6.45) is -0.568. The summed E-state index contributed by atoms with van der Waals surface area (Å²) < 4.78 is 34.1. The van der Waals surface area contributed by atoms with Gasteiger partial charge in [0.15, 0.2) is 28.7 Å². The van der Waals surface area contributed by atoms with Crippen LogP contribution in [0, 0.1) is 11.6 Å². The van der Waals surface area contributed by atoms with Gasteiger partial charge in [-0.15, -0.1) is 10.2 Å². The first-order chi connectivity index (χ1) is 12.8. The van der Waals surface area contributed by atoms with Gasteiger partial charge in [0.25, 0.3) is 0 Å². The van der Waals surface area contributed by atoms with E-state index in [9.17, 15) is 8.78 Å². The predicted octanol–water partition coefficient (Wildman–Crippen LogP) is 5.83. The van der Waals surface area contributed by atoms with Crippen LogP contribution in [-0.2, 0) is 12.8 Å². The molecule has 1 atom stereocenters. The fourth-order valence-electron chi connectivity index (χ4n) is 2.40. The van der Waals surface area contributed by atoms with Crippen LogP contribution in [0.25, 0.3) is 0 Å². The molecule has 27 heavy (non-hydrogen) atoms. The van der Waals surface area contributed by atoms with E-state index in [1.165, 1.54) is 17.8 Å². The molecule has 4 nitrogen and oxygen atoms in total. The number of aromatic nitrogens is 3. The lowest BCUT2D eigenvalue weighted by molar-refractivity contribution is 0.201. The van der Waals surface area contributed by atoms with Crippen molar-refractivity contribution in [1.29, 1.82) is 0 Å². The minimum atomic E-state index is -0.766. The number of nitrogens with zero attached hydrogens (tertiary/aromatic N) is 3. The molecule has 0 aliphatic rings. The molecule has 0 amide bonds. The Balaban J connectivity index is 1.69. The lowest BCUT2D eigenvalue weighted by Gasteiger charge is -2.14. The van der Waals surface area contributed by atoms with Crippen LogP contribution >= 0.6 is 35.0 Å². The van der Waals surface area contributed by atoms with Crippen molar-refractivity contribution in [1.82, 2.24) is 14.8 Å². The molecular weight excluding hydrogens is 415 g/mol. The van der Waals surface area contributed by atoms with Gasteiger partial charge in [-0.2, -0.15) is 0 Å². The molecule has 1 unspecified atom stereocenters. The highest BCUT2D eigenvalue weighted by Gasteiger charge is 2.19. The van der Waals surface area contributed by atoms with E-state index in [0.29, 0.717) is 26.8 Å². The molecule has 0 saturated heterocycles. The molecule has 0 N–H and O–H groups in total. The highest BCUT2D eigenvalue weighted by atomic mass is 35.5. The first-order valence-corrected chi connectivity index (χ1v) is 9.67. The molecule has 9 heteroatoms. The molecule has 0 radical (unpaired) electrons. The van der Waals surface area contributed by atoms with Crippen LogP contribution in [-0.4, -0.2) is 14.8 Å². The van der Waals surface area contributed by atoms with Gasteiger partial charge in [0.05, 0.1) is 10.0 Å².